The molecule has 2 rings (SSSR count). The van der Waals surface area contributed by atoms with Gasteiger partial charge >= 0.3 is 0 Å². The lowest BCUT2D eigenvalue weighted by molar-refractivity contribution is 0.298. The summed E-state index contributed by atoms with van der Waals surface area (Å²) in [5.74, 6) is 0.874. The van der Waals surface area contributed by atoms with Crippen LogP contribution in [-0.2, 0) is 19.9 Å². The Labute approximate surface area is 176 Å². The van der Waals surface area contributed by atoms with Crippen LogP contribution < -0.4 is 10.6 Å². The summed E-state index contributed by atoms with van der Waals surface area (Å²) in [5, 5.41) is 11.5. The minimum Gasteiger partial charge on any atom is -0.357 e. The lowest BCUT2D eigenvalue weighted by Gasteiger charge is -2.24. The van der Waals surface area contributed by atoms with Crippen LogP contribution >= 0.6 is 0 Å². The molecule has 0 amide bonds. The Balaban J connectivity index is 2.03. The standard InChI is InChI=1S/C23H38N6/c1-8-24-23(26-17(2)14-22-18(3)27-29(7)19(22)4)25-16-21(28(5)6)15-20-12-10-9-11-13-20/h9-13,17,21H,8,14-16H2,1-7H3,(H2,24,25,26). The number of aromatic nitrogens is 2. The number of nitrogens with one attached hydrogen (secondary N) is 2. The minimum atomic E-state index is 0.265. The van der Waals surface area contributed by atoms with Crippen molar-refractivity contribution in [2.45, 2.75) is 52.6 Å². The molecule has 2 aromatic rings. The molecular weight excluding hydrogens is 360 g/mol. The first kappa shape index (κ1) is 22.9. The van der Waals surface area contributed by atoms with E-state index in [1.807, 2.05) is 11.7 Å². The van der Waals surface area contributed by atoms with Gasteiger partial charge in [-0.05, 0) is 65.8 Å². The molecule has 1 aromatic carbocycles. The van der Waals surface area contributed by atoms with E-state index in [0.717, 1.165) is 37.6 Å². The van der Waals surface area contributed by atoms with Crippen LogP contribution in [0.3, 0.4) is 0 Å². The van der Waals surface area contributed by atoms with Gasteiger partial charge < -0.3 is 15.5 Å². The van der Waals surface area contributed by atoms with Crippen molar-refractivity contribution in [3.63, 3.8) is 0 Å². The summed E-state index contributed by atoms with van der Waals surface area (Å²) in [6.45, 7) is 10.1. The van der Waals surface area contributed by atoms with E-state index in [1.54, 1.807) is 0 Å². The molecule has 1 aromatic heterocycles. The molecule has 0 radical (unpaired) electrons. The number of hydrogen-bond donors (Lipinski definition) is 2. The highest BCUT2D eigenvalue weighted by Crippen LogP contribution is 2.14. The minimum absolute atomic E-state index is 0.265. The number of benzene rings is 1. The van der Waals surface area contributed by atoms with Gasteiger partial charge in [0, 0.05) is 31.4 Å². The van der Waals surface area contributed by atoms with Gasteiger partial charge in [-0.2, -0.15) is 5.10 Å². The van der Waals surface area contributed by atoms with E-state index in [2.05, 4.69) is 92.8 Å². The van der Waals surface area contributed by atoms with Crippen LogP contribution in [0.15, 0.2) is 35.3 Å². The summed E-state index contributed by atoms with van der Waals surface area (Å²) in [6.07, 6.45) is 1.91. The summed E-state index contributed by atoms with van der Waals surface area (Å²) in [5.41, 5.74) is 5.00. The Morgan fingerprint density at radius 1 is 1.17 bits per heavy atom. The third-order valence-electron chi connectivity index (χ3n) is 5.40. The number of aryl methyl sites for hydroxylation is 2. The van der Waals surface area contributed by atoms with E-state index < -0.39 is 0 Å². The maximum atomic E-state index is 4.89. The van der Waals surface area contributed by atoms with Gasteiger partial charge in [-0.1, -0.05) is 30.3 Å². The number of hydrogen-bond acceptors (Lipinski definition) is 3. The second-order valence-corrected chi connectivity index (χ2v) is 8.05. The third kappa shape index (κ3) is 6.89. The van der Waals surface area contributed by atoms with Gasteiger partial charge in [0.15, 0.2) is 5.96 Å². The van der Waals surface area contributed by atoms with Gasteiger partial charge in [0.05, 0.1) is 12.2 Å². The highest BCUT2D eigenvalue weighted by atomic mass is 15.3. The fraction of sp³-hybridized carbons (Fsp3) is 0.565. The zero-order valence-electron chi connectivity index (χ0n) is 19.2. The summed E-state index contributed by atoms with van der Waals surface area (Å²) < 4.78 is 1.96. The van der Waals surface area contributed by atoms with E-state index in [4.69, 9.17) is 4.99 Å². The van der Waals surface area contributed by atoms with Crippen molar-refractivity contribution in [1.29, 1.82) is 0 Å². The van der Waals surface area contributed by atoms with Gasteiger partial charge in [-0.25, -0.2) is 0 Å². The number of nitrogens with zero attached hydrogens (tertiary/aromatic N) is 4. The molecule has 0 bridgehead atoms. The third-order valence-corrected chi connectivity index (χ3v) is 5.40. The first-order valence-corrected chi connectivity index (χ1v) is 10.6. The van der Waals surface area contributed by atoms with Gasteiger partial charge in [-0.15, -0.1) is 0 Å². The molecule has 29 heavy (non-hydrogen) atoms. The summed E-state index contributed by atoms with van der Waals surface area (Å²) >= 11 is 0. The van der Waals surface area contributed by atoms with Crippen LogP contribution in [0.25, 0.3) is 0 Å². The molecule has 0 aliphatic carbocycles. The van der Waals surface area contributed by atoms with E-state index in [9.17, 15) is 0 Å². The van der Waals surface area contributed by atoms with Crippen LogP contribution in [0.1, 0.15) is 36.4 Å². The number of guanidine groups is 1. The van der Waals surface area contributed by atoms with E-state index in [1.165, 1.54) is 16.8 Å². The summed E-state index contributed by atoms with van der Waals surface area (Å²) in [4.78, 5) is 7.15. The first-order valence-electron chi connectivity index (χ1n) is 10.6. The molecule has 0 saturated carbocycles. The Morgan fingerprint density at radius 3 is 2.41 bits per heavy atom. The lowest BCUT2D eigenvalue weighted by Crippen LogP contribution is -2.44. The summed E-state index contributed by atoms with van der Waals surface area (Å²) in [6, 6.07) is 11.2. The van der Waals surface area contributed by atoms with Crippen LogP contribution in [0.4, 0.5) is 0 Å². The molecule has 0 aliphatic heterocycles. The van der Waals surface area contributed by atoms with Crippen molar-refractivity contribution in [1.82, 2.24) is 25.3 Å². The molecule has 1 heterocycles. The number of aliphatic imine (C=N–C) groups is 1. The predicted octanol–water partition coefficient (Wildman–Crippen LogP) is 2.70. The van der Waals surface area contributed by atoms with Crippen molar-refractivity contribution in [2.24, 2.45) is 12.0 Å². The molecule has 0 fully saturated rings. The predicted molar refractivity (Wildman–Crippen MR) is 123 cm³/mol. The van der Waals surface area contributed by atoms with E-state index >= 15 is 0 Å². The van der Waals surface area contributed by atoms with Crippen molar-refractivity contribution < 1.29 is 0 Å². The SMILES string of the molecule is CCNC(=NCC(Cc1ccccc1)N(C)C)NC(C)Cc1c(C)nn(C)c1C. The van der Waals surface area contributed by atoms with Gasteiger partial charge in [0.25, 0.3) is 0 Å². The fourth-order valence-electron chi connectivity index (χ4n) is 3.52. The summed E-state index contributed by atoms with van der Waals surface area (Å²) in [7, 11) is 6.25. The second-order valence-electron chi connectivity index (χ2n) is 8.05. The lowest BCUT2D eigenvalue weighted by atomic mass is 10.1. The molecule has 6 heteroatoms. The average molecular weight is 399 g/mol. The molecule has 0 spiro atoms. The second kappa shape index (κ2) is 11.0. The normalized spacial score (nSPS) is 14.1. The van der Waals surface area contributed by atoms with Crippen molar-refractivity contribution in [2.75, 3.05) is 27.2 Å². The van der Waals surface area contributed by atoms with Gasteiger partial charge in [0.2, 0.25) is 0 Å². The van der Waals surface area contributed by atoms with Gasteiger partial charge in [0.1, 0.15) is 0 Å². The molecule has 2 unspecified atom stereocenters. The highest BCUT2D eigenvalue weighted by Gasteiger charge is 2.15. The van der Waals surface area contributed by atoms with Crippen molar-refractivity contribution >= 4 is 5.96 Å². The maximum absolute atomic E-state index is 4.89. The quantitative estimate of drug-likeness (QED) is 0.504. The molecule has 2 atom stereocenters. The zero-order valence-corrected chi connectivity index (χ0v) is 19.2. The van der Waals surface area contributed by atoms with Crippen LogP contribution in [0.5, 0.6) is 0 Å². The smallest absolute Gasteiger partial charge is 0.191 e. The molecule has 0 aliphatic rings. The Bertz CT molecular complexity index is 778. The number of likely N-dealkylation sites (N-methyl/N-ethyl adjacent to an activating group) is 1. The topological polar surface area (TPSA) is 57.5 Å². The van der Waals surface area contributed by atoms with Gasteiger partial charge in [-0.3, -0.25) is 9.67 Å². The molecule has 2 N–H and O–H groups in total. The number of rotatable bonds is 9. The monoisotopic (exact) mass is 398 g/mol. The molecular formula is C23H38N6. The van der Waals surface area contributed by atoms with Crippen molar-refractivity contribution in [3.05, 3.63) is 52.8 Å². The molecule has 6 nitrogen and oxygen atoms in total. The first-order chi connectivity index (χ1) is 13.8. The van der Waals surface area contributed by atoms with Crippen LogP contribution in [0, 0.1) is 13.8 Å². The van der Waals surface area contributed by atoms with E-state index in [-0.39, 0.29) is 6.04 Å². The van der Waals surface area contributed by atoms with E-state index in [0.29, 0.717) is 6.04 Å². The Kier molecular flexibility index (Phi) is 8.70. The Morgan fingerprint density at radius 2 is 1.86 bits per heavy atom. The van der Waals surface area contributed by atoms with Crippen molar-refractivity contribution in [3.8, 4) is 0 Å². The molecule has 160 valence electrons. The fourth-order valence-corrected chi connectivity index (χ4v) is 3.52. The maximum Gasteiger partial charge on any atom is 0.191 e. The molecule has 0 saturated heterocycles. The zero-order chi connectivity index (χ0) is 21.4. The highest BCUT2D eigenvalue weighted by molar-refractivity contribution is 5.80. The average Bonchev–Trinajstić information content (AvgIpc) is 2.91. The van der Waals surface area contributed by atoms with Crippen LogP contribution in [-0.4, -0.2) is 59.9 Å². The largest absolute Gasteiger partial charge is 0.357 e. The van der Waals surface area contributed by atoms with Crippen LogP contribution in [0.2, 0.25) is 0 Å². The Hall–Kier alpha value is -2.34.